The maximum absolute atomic E-state index is 12.8. The summed E-state index contributed by atoms with van der Waals surface area (Å²) >= 11 is 0. The summed E-state index contributed by atoms with van der Waals surface area (Å²) in [5.41, 5.74) is 7.17. The van der Waals surface area contributed by atoms with Gasteiger partial charge in [-0.2, -0.15) is 13.2 Å². The highest BCUT2D eigenvalue weighted by atomic mass is 19.4. The molecule has 144 valence electrons. The van der Waals surface area contributed by atoms with Crippen LogP contribution < -0.4 is 16.0 Å². The standard InChI is InChI=1S/C19H21F3N4O/c1-13(27)25-7-9-26(10-8-25)16-4-2-3-15(12-16)24-18-6-5-14(11-17(18)23)19(20,21)22/h2-6,11-12,24H,7-10,23H2,1H3. The van der Waals surface area contributed by atoms with E-state index in [-0.39, 0.29) is 11.6 Å². The quantitative estimate of drug-likeness (QED) is 0.800. The molecule has 0 bridgehead atoms. The van der Waals surface area contributed by atoms with Crippen LogP contribution in [0.25, 0.3) is 0 Å². The number of anilines is 4. The van der Waals surface area contributed by atoms with Crippen LogP contribution in [-0.2, 0) is 11.0 Å². The Hall–Kier alpha value is -2.90. The van der Waals surface area contributed by atoms with Crippen LogP contribution in [0.2, 0.25) is 0 Å². The zero-order valence-corrected chi connectivity index (χ0v) is 14.9. The van der Waals surface area contributed by atoms with Crippen LogP contribution in [0.3, 0.4) is 0 Å². The van der Waals surface area contributed by atoms with Gasteiger partial charge in [0.2, 0.25) is 5.91 Å². The van der Waals surface area contributed by atoms with E-state index < -0.39 is 11.7 Å². The number of nitrogens with two attached hydrogens (primary N) is 1. The van der Waals surface area contributed by atoms with Crippen molar-refractivity contribution in [2.45, 2.75) is 13.1 Å². The molecule has 3 N–H and O–H groups in total. The van der Waals surface area contributed by atoms with Gasteiger partial charge in [-0.25, -0.2) is 0 Å². The Bertz CT molecular complexity index is 830. The molecule has 8 heteroatoms. The summed E-state index contributed by atoms with van der Waals surface area (Å²) in [7, 11) is 0. The maximum Gasteiger partial charge on any atom is 0.416 e. The smallest absolute Gasteiger partial charge is 0.397 e. The number of alkyl halides is 3. The van der Waals surface area contributed by atoms with Gasteiger partial charge in [0.15, 0.2) is 0 Å². The van der Waals surface area contributed by atoms with Crippen LogP contribution in [-0.4, -0.2) is 37.0 Å². The van der Waals surface area contributed by atoms with Gasteiger partial charge in [0.1, 0.15) is 0 Å². The average molecular weight is 378 g/mol. The van der Waals surface area contributed by atoms with Gasteiger partial charge in [0, 0.05) is 44.5 Å². The van der Waals surface area contributed by atoms with Gasteiger partial charge >= 0.3 is 6.18 Å². The fourth-order valence-electron chi connectivity index (χ4n) is 3.07. The number of hydrogen-bond acceptors (Lipinski definition) is 4. The summed E-state index contributed by atoms with van der Waals surface area (Å²) in [4.78, 5) is 15.4. The molecule has 1 fully saturated rings. The summed E-state index contributed by atoms with van der Waals surface area (Å²) in [6.45, 7) is 4.35. The van der Waals surface area contributed by atoms with Crippen molar-refractivity contribution in [1.29, 1.82) is 0 Å². The van der Waals surface area contributed by atoms with Crippen molar-refractivity contribution < 1.29 is 18.0 Å². The van der Waals surface area contributed by atoms with Gasteiger partial charge in [0.25, 0.3) is 0 Å². The molecular weight excluding hydrogens is 357 g/mol. The molecule has 2 aromatic rings. The van der Waals surface area contributed by atoms with E-state index >= 15 is 0 Å². The highest BCUT2D eigenvalue weighted by molar-refractivity contribution is 5.75. The van der Waals surface area contributed by atoms with Crippen molar-refractivity contribution in [3.8, 4) is 0 Å². The van der Waals surface area contributed by atoms with E-state index in [2.05, 4.69) is 10.2 Å². The maximum atomic E-state index is 12.8. The molecular formula is C19H21F3N4O. The van der Waals surface area contributed by atoms with Crippen molar-refractivity contribution in [1.82, 2.24) is 4.90 Å². The lowest BCUT2D eigenvalue weighted by Gasteiger charge is -2.35. The van der Waals surface area contributed by atoms with Crippen molar-refractivity contribution in [2.75, 3.05) is 42.1 Å². The number of amides is 1. The normalized spacial score (nSPS) is 15.0. The van der Waals surface area contributed by atoms with Gasteiger partial charge in [-0.05, 0) is 36.4 Å². The molecule has 1 heterocycles. The van der Waals surface area contributed by atoms with E-state index in [1.165, 1.54) is 6.07 Å². The fourth-order valence-corrected chi connectivity index (χ4v) is 3.07. The molecule has 0 aliphatic carbocycles. The minimum atomic E-state index is -4.42. The number of nitrogen functional groups attached to an aromatic ring is 1. The lowest BCUT2D eigenvalue weighted by atomic mass is 10.1. The molecule has 5 nitrogen and oxygen atoms in total. The number of halogens is 3. The number of rotatable bonds is 3. The highest BCUT2D eigenvalue weighted by Crippen LogP contribution is 2.34. The zero-order chi connectivity index (χ0) is 19.6. The third-order valence-electron chi connectivity index (χ3n) is 4.59. The van der Waals surface area contributed by atoms with Crippen molar-refractivity contribution in [3.05, 3.63) is 48.0 Å². The number of nitrogens with zero attached hydrogens (tertiary/aromatic N) is 2. The van der Waals surface area contributed by atoms with Crippen LogP contribution in [0.5, 0.6) is 0 Å². The van der Waals surface area contributed by atoms with Gasteiger partial charge in [-0.15, -0.1) is 0 Å². The van der Waals surface area contributed by atoms with E-state index in [0.717, 1.165) is 36.6 Å². The Morgan fingerprint density at radius 3 is 2.37 bits per heavy atom. The first-order valence-corrected chi connectivity index (χ1v) is 8.58. The molecule has 3 rings (SSSR count). The summed E-state index contributed by atoms with van der Waals surface area (Å²) in [5.74, 6) is 0.0721. The van der Waals surface area contributed by atoms with Crippen LogP contribution in [0.1, 0.15) is 12.5 Å². The third-order valence-corrected chi connectivity index (χ3v) is 4.59. The second-order valence-electron chi connectivity index (χ2n) is 6.47. The SMILES string of the molecule is CC(=O)N1CCN(c2cccc(Nc3ccc(C(F)(F)F)cc3N)c2)CC1. The number of piperazine rings is 1. The summed E-state index contributed by atoms with van der Waals surface area (Å²) < 4.78 is 38.3. The van der Waals surface area contributed by atoms with Crippen LogP contribution in [0.4, 0.5) is 35.9 Å². The third kappa shape index (κ3) is 4.45. The lowest BCUT2D eigenvalue weighted by molar-refractivity contribution is -0.137. The molecule has 27 heavy (non-hydrogen) atoms. The number of carbonyl (C=O) groups excluding carboxylic acids is 1. The monoisotopic (exact) mass is 378 g/mol. The molecule has 0 unspecified atom stereocenters. The molecule has 2 aromatic carbocycles. The van der Waals surface area contributed by atoms with Crippen LogP contribution in [0, 0.1) is 0 Å². The van der Waals surface area contributed by atoms with Crippen LogP contribution in [0.15, 0.2) is 42.5 Å². The second-order valence-corrected chi connectivity index (χ2v) is 6.47. The molecule has 0 aromatic heterocycles. The van der Waals surface area contributed by atoms with Gasteiger partial charge in [-0.1, -0.05) is 6.07 Å². The number of benzene rings is 2. The predicted octanol–water partition coefficient (Wildman–Crippen LogP) is 3.70. The number of hydrogen-bond donors (Lipinski definition) is 2. The summed E-state index contributed by atoms with van der Waals surface area (Å²) in [6.07, 6.45) is -4.42. The molecule has 1 saturated heterocycles. The highest BCUT2D eigenvalue weighted by Gasteiger charge is 2.30. The molecule has 1 aliphatic heterocycles. The molecule has 1 aliphatic rings. The first kappa shape index (κ1) is 18.9. The Labute approximate surface area is 155 Å². The van der Waals surface area contributed by atoms with Crippen molar-refractivity contribution in [2.24, 2.45) is 0 Å². The largest absolute Gasteiger partial charge is 0.416 e. The number of nitrogens with one attached hydrogen (secondary N) is 1. The molecule has 0 atom stereocenters. The number of carbonyl (C=O) groups is 1. The van der Waals surface area contributed by atoms with E-state index in [9.17, 15) is 18.0 Å². The second kappa shape index (κ2) is 7.38. The molecule has 0 radical (unpaired) electrons. The average Bonchev–Trinajstić information content (AvgIpc) is 2.63. The predicted molar refractivity (Wildman–Crippen MR) is 100 cm³/mol. The Morgan fingerprint density at radius 1 is 1.07 bits per heavy atom. The Balaban J connectivity index is 1.72. The first-order valence-electron chi connectivity index (χ1n) is 8.58. The Kier molecular flexibility index (Phi) is 5.16. The zero-order valence-electron chi connectivity index (χ0n) is 14.9. The minimum Gasteiger partial charge on any atom is -0.397 e. The minimum absolute atomic E-state index is 0.0327. The fraction of sp³-hybridized carbons (Fsp3) is 0.316. The summed E-state index contributed by atoms with van der Waals surface area (Å²) in [5, 5.41) is 3.07. The van der Waals surface area contributed by atoms with E-state index in [1.807, 2.05) is 29.2 Å². The van der Waals surface area contributed by atoms with Crippen molar-refractivity contribution >= 4 is 28.7 Å². The van der Waals surface area contributed by atoms with Crippen molar-refractivity contribution in [3.63, 3.8) is 0 Å². The van der Waals surface area contributed by atoms with E-state index in [1.54, 1.807) is 6.92 Å². The molecule has 0 saturated carbocycles. The van der Waals surface area contributed by atoms with Gasteiger partial charge in [-0.3, -0.25) is 4.79 Å². The Morgan fingerprint density at radius 2 is 1.78 bits per heavy atom. The van der Waals surface area contributed by atoms with E-state index in [0.29, 0.717) is 18.8 Å². The molecule has 0 spiro atoms. The van der Waals surface area contributed by atoms with Gasteiger partial charge in [0.05, 0.1) is 16.9 Å². The van der Waals surface area contributed by atoms with E-state index in [4.69, 9.17) is 5.73 Å². The van der Waals surface area contributed by atoms with Crippen LogP contribution >= 0.6 is 0 Å². The van der Waals surface area contributed by atoms with Gasteiger partial charge < -0.3 is 20.9 Å². The topological polar surface area (TPSA) is 61.6 Å². The summed E-state index contributed by atoms with van der Waals surface area (Å²) in [6, 6.07) is 10.8. The molecule has 1 amide bonds. The lowest BCUT2D eigenvalue weighted by Crippen LogP contribution is -2.48. The first-order chi connectivity index (χ1) is 12.7.